The van der Waals surface area contributed by atoms with Crippen molar-refractivity contribution in [2.75, 3.05) is 11.9 Å². The van der Waals surface area contributed by atoms with E-state index >= 15 is 0 Å². The molecule has 1 N–H and O–H groups in total. The van der Waals surface area contributed by atoms with E-state index in [1.54, 1.807) is 22.8 Å². The number of aromatic nitrogens is 3. The normalized spacial score (nSPS) is 15.8. The summed E-state index contributed by atoms with van der Waals surface area (Å²) >= 11 is 0. The Hall–Kier alpha value is -3.48. The first-order chi connectivity index (χ1) is 13.6. The smallest absolute Gasteiger partial charge is 0.226 e. The quantitative estimate of drug-likeness (QED) is 0.760. The summed E-state index contributed by atoms with van der Waals surface area (Å²) in [5.41, 5.74) is 3.63. The molecule has 28 heavy (non-hydrogen) atoms. The van der Waals surface area contributed by atoms with Gasteiger partial charge in [-0.15, -0.1) is 0 Å². The molecule has 0 fully saturated rings. The molecular weight excluding hydrogens is 354 g/mol. The summed E-state index contributed by atoms with van der Waals surface area (Å²) in [6.07, 6.45) is 4.04. The molecule has 0 bridgehead atoms. The molecule has 0 aliphatic carbocycles. The topological polar surface area (TPSA) is 80.1 Å². The van der Waals surface area contributed by atoms with Crippen molar-refractivity contribution < 1.29 is 9.59 Å². The van der Waals surface area contributed by atoms with Gasteiger partial charge in [-0.3, -0.25) is 9.59 Å². The second-order valence-corrected chi connectivity index (χ2v) is 6.79. The summed E-state index contributed by atoms with van der Waals surface area (Å²) in [6.45, 7) is 2.18. The molecule has 3 aromatic rings. The molecular formula is C21H21N5O2. The van der Waals surface area contributed by atoms with Gasteiger partial charge in [0.05, 0.1) is 23.8 Å². The number of carbonyl (C=O) groups is 2. The number of fused-ring (bicyclic) bond motifs is 1. The molecule has 7 nitrogen and oxygen atoms in total. The maximum Gasteiger partial charge on any atom is 0.226 e. The zero-order chi connectivity index (χ0) is 19.5. The summed E-state index contributed by atoms with van der Waals surface area (Å²) in [6, 6.07) is 15.2. The van der Waals surface area contributed by atoms with Crippen LogP contribution in [0.4, 0.5) is 5.69 Å². The van der Waals surface area contributed by atoms with E-state index in [1.165, 1.54) is 11.9 Å². The van der Waals surface area contributed by atoms with Gasteiger partial charge in [0, 0.05) is 13.5 Å². The Morgan fingerprint density at radius 3 is 2.71 bits per heavy atom. The van der Waals surface area contributed by atoms with Gasteiger partial charge in [-0.25, -0.2) is 9.67 Å². The van der Waals surface area contributed by atoms with Crippen LogP contribution in [0.5, 0.6) is 0 Å². The number of nitrogens with one attached hydrogen (secondary N) is 1. The molecule has 1 unspecified atom stereocenters. The van der Waals surface area contributed by atoms with Crippen LogP contribution in [0.15, 0.2) is 61.2 Å². The molecule has 0 radical (unpaired) electrons. The fraction of sp³-hybridized carbons (Fsp3) is 0.238. The number of rotatable bonds is 4. The third kappa shape index (κ3) is 3.51. The van der Waals surface area contributed by atoms with Crippen molar-refractivity contribution in [3.05, 3.63) is 72.3 Å². The van der Waals surface area contributed by atoms with E-state index in [9.17, 15) is 9.59 Å². The first kappa shape index (κ1) is 17.9. The average molecular weight is 375 g/mol. The molecule has 1 aromatic heterocycles. The number of benzene rings is 2. The highest BCUT2D eigenvalue weighted by Gasteiger charge is 2.30. The molecule has 1 atom stereocenters. The number of nitrogens with zero attached hydrogens (tertiary/aromatic N) is 4. The minimum Gasteiger partial charge on any atom is -0.335 e. The standard InChI is InChI=1S/C21H21N5O2/c1-15(27)25-11-10-16-6-2-3-7-17(16)20(25)12-21(28)24-18-8-4-5-9-19(18)26-14-22-13-23-26/h2-9,13-14,20H,10-12H2,1H3,(H,24,28). The molecule has 7 heteroatoms. The van der Waals surface area contributed by atoms with E-state index in [-0.39, 0.29) is 24.3 Å². The third-order valence-electron chi connectivity index (χ3n) is 5.04. The van der Waals surface area contributed by atoms with Crippen molar-refractivity contribution in [3.8, 4) is 5.69 Å². The van der Waals surface area contributed by atoms with E-state index in [4.69, 9.17) is 0 Å². The fourth-order valence-electron chi connectivity index (χ4n) is 3.74. The molecule has 0 saturated carbocycles. The van der Waals surface area contributed by atoms with Gasteiger partial charge in [0.25, 0.3) is 0 Å². The molecule has 0 saturated heterocycles. The lowest BCUT2D eigenvalue weighted by atomic mass is 9.90. The van der Waals surface area contributed by atoms with Crippen LogP contribution >= 0.6 is 0 Å². The van der Waals surface area contributed by atoms with E-state index in [1.807, 2.05) is 42.5 Å². The Morgan fingerprint density at radius 1 is 1.14 bits per heavy atom. The minimum absolute atomic E-state index is 0.0182. The largest absolute Gasteiger partial charge is 0.335 e. The molecule has 0 spiro atoms. The van der Waals surface area contributed by atoms with E-state index < -0.39 is 0 Å². The van der Waals surface area contributed by atoms with Crippen LogP contribution in [0.3, 0.4) is 0 Å². The van der Waals surface area contributed by atoms with Gasteiger partial charge in [-0.2, -0.15) is 5.10 Å². The predicted molar refractivity (Wildman–Crippen MR) is 105 cm³/mol. The van der Waals surface area contributed by atoms with Gasteiger partial charge in [-0.05, 0) is 29.7 Å². The van der Waals surface area contributed by atoms with Gasteiger partial charge in [-0.1, -0.05) is 36.4 Å². The van der Waals surface area contributed by atoms with Crippen molar-refractivity contribution in [2.24, 2.45) is 0 Å². The van der Waals surface area contributed by atoms with Crippen molar-refractivity contribution in [3.63, 3.8) is 0 Å². The zero-order valence-corrected chi connectivity index (χ0v) is 15.6. The number of anilines is 1. The van der Waals surface area contributed by atoms with Crippen LogP contribution in [-0.2, 0) is 16.0 Å². The lowest BCUT2D eigenvalue weighted by Gasteiger charge is -2.36. The van der Waals surface area contributed by atoms with Crippen LogP contribution in [-0.4, -0.2) is 38.0 Å². The Bertz CT molecular complexity index is 1000. The Labute approximate surface area is 163 Å². The molecule has 142 valence electrons. The number of hydrogen-bond donors (Lipinski definition) is 1. The highest BCUT2D eigenvalue weighted by Crippen LogP contribution is 2.32. The molecule has 2 heterocycles. The number of hydrogen-bond acceptors (Lipinski definition) is 4. The lowest BCUT2D eigenvalue weighted by molar-refractivity contribution is -0.132. The van der Waals surface area contributed by atoms with Crippen molar-refractivity contribution in [1.29, 1.82) is 0 Å². The van der Waals surface area contributed by atoms with E-state index in [0.717, 1.165) is 17.7 Å². The van der Waals surface area contributed by atoms with Gasteiger partial charge in [0.2, 0.25) is 11.8 Å². The molecule has 4 rings (SSSR count). The second-order valence-electron chi connectivity index (χ2n) is 6.79. The van der Waals surface area contributed by atoms with Gasteiger partial charge >= 0.3 is 0 Å². The first-order valence-corrected chi connectivity index (χ1v) is 9.22. The fourth-order valence-corrected chi connectivity index (χ4v) is 3.74. The predicted octanol–water partition coefficient (Wildman–Crippen LogP) is 2.74. The lowest BCUT2D eigenvalue weighted by Crippen LogP contribution is -2.40. The summed E-state index contributed by atoms with van der Waals surface area (Å²) in [5.74, 6) is -0.171. The second kappa shape index (κ2) is 7.64. The summed E-state index contributed by atoms with van der Waals surface area (Å²) < 4.78 is 1.60. The Morgan fingerprint density at radius 2 is 1.93 bits per heavy atom. The maximum absolute atomic E-state index is 12.9. The first-order valence-electron chi connectivity index (χ1n) is 9.22. The minimum atomic E-state index is -0.263. The highest BCUT2D eigenvalue weighted by molar-refractivity contribution is 5.93. The average Bonchev–Trinajstić information content (AvgIpc) is 3.23. The number of amides is 2. The van der Waals surface area contributed by atoms with Crippen LogP contribution in [0.25, 0.3) is 5.69 Å². The summed E-state index contributed by atoms with van der Waals surface area (Å²) in [5, 5.41) is 7.11. The van der Waals surface area contributed by atoms with Crippen LogP contribution in [0.2, 0.25) is 0 Å². The van der Waals surface area contributed by atoms with E-state index in [0.29, 0.717) is 12.2 Å². The summed E-state index contributed by atoms with van der Waals surface area (Å²) in [7, 11) is 0. The van der Waals surface area contributed by atoms with Crippen molar-refractivity contribution in [2.45, 2.75) is 25.8 Å². The monoisotopic (exact) mass is 375 g/mol. The van der Waals surface area contributed by atoms with Crippen LogP contribution < -0.4 is 5.32 Å². The maximum atomic E-state index is 12.9. The van der Waals surface area contributed by atoms with Crippen molar-refractivity contribution in [1.82, 2.24) is 19.7 Å². The zero-order valence-electron chi connectivity index (χ0n) is 15.6. The Kier molecular flexibility index (Phi) is 4.89. The SMILES string of the molecule is CC(=O)N1CCc2ccccc2C1CC(=O)Nc1ccccc1-n1cncn1. The number of para-hydroxylation sites is 2. The highest BCUT2D eigenvalue weighted by atomic mass is 16.2. The molecule has 1 aliphatic rings. The van der Waals surface area contributed by atoms with E-state index in [2.05, 4.69) is 21.5 Å². The summed E-state index contributed by atoms with van der Waals surface area (Å²) in [4.78, 5) is 30.8. The van der Waals surface area contributed by atoms with Crippen molar-refractivity contribution >= 4 is 17.5 Å². The van der Waals surface area contributed by atoms with Crippen LogP contribution in [0.1, 0.15) is 30.5 Å². The molecule has 1 aliphatic heterocycles. The molecule has 2 aromatic carbocycles. The van der Waals surface area contributed by atoms with Gasteiger partial charge < -0.3 is 10.2 Å². The number of carbonyl (C=O) groups excluding carboxylic acids is 2. The van der Waals surface area contributed by atoms with Gasteiger partial charge in [0.15, 0.2) is 0 Å². The Balaban J connectivity index is 1.58. The van der Waals surface area contributed by atoms with Gasteiger partial charge in [0.1, 0.15) is 12.7 Å². The van der Waals surface area contributed by atoms with Crippen LogP contribution in [0, 0.1) is 0 Å². The third-order valence-corrected chi connectivity index (χ3v) is 5.04. The molecule has 2 amide bonds.